The Kier molecular flexibility index (Phi) is 5.51. The minimum absolute atomic E-state index is 0.347. The van der Waals surface area contributed by atoms with Gasteiger partial charge in [0.15, 0.2) is 0 Å². The molecule has 8 nitrogen and oxygen atoms in total. The van der Waals surface area contributed by atoms with Crippen molar-refractivity contribution in [1.29, 1.82) is 0 Å². The Morgan fingerprint density at radius 1 is 1.16 bits per heavy atom. The number of aryl methyl sites for hydroxylation is 1. The summed E-state index contributed by atoms with van der Waals surface area (Å²) in [4.78, 5) is 35.1. The topological polar surface area (TPSA) is 103 Å². The number of imidazole rings is 1. The van der Waals surface area contributed by atoms with E-state index in [4.69, 9.17) is 9.84 Å². The van der Waals surface area contributed by atoms with Crippen molar-refractivity contribution in [3.63, 3.8) is 0 Å². The lowest BCUT2D eigenvalue weighted by atomic mass is 10.2. The van der Waals surface area contributed by atoms with E-state index in [1.165, 1.54) is 9.13 Å². The zero-order chi connectivity index (χ0) is 18.6. The summed E-state index contributed by atoms with van der Waals surface area (Å²) in [6.07, 6.45) is 0.00778. The van der Waals surface area contributed by atoms with Crippen molar-refractivity contribution in [2.24, 2.45) is 0 Å². The lowest BCUT2D eigenvalue weighted by Gasteiger charge is -2.19. The molecule has 8 heteroatoms. The molecule has 0 aliphatic rings. The van der Waals surface area contributed by atoms with Gasteiger partial charge in [0.05, 0.1) is 11.0 Å². The van der Waals surface area contributed by atoms with Crippen molar-refractivity contribution >= 4 is 23.1 Å². The Morgan fingerprint density at radius 3 is 2.32 bits per heavy atom. The first-order valence-corrected chi connectivity index (χ1v) is 8.06. The standard InChI is InChI=1S/C17H23N3O5/c1-17(2,3)25-15(23)18-9-6-10-19-12-7-4-5-8-13(12)20(16(19)24)11-14(21)22/h4-5,7-8H,6,9-11H2,1-3H3,(H,18,23)(H,21,22). The van der Waals surface area contributed by atoms with Gasteiger partial charge in [-0.05, 0) is 39.3 Å². The van der Waals surface area contributed by atoms with Crippen LogP contribution in [-0.2, 0) is 22.6 Å². The first kappa shape index (κ1) is 18.6. The van der Waals surface area contributed by atoms with Crippen LogP contribution in [0, 0.1) is 0 Å². The number of aromatic nitrogens is 2. The molecule has 1 aromatic heterocycles. The van der Waals surface area contributed by atoms with Crippen LogP contribution in [0.4, 0.5) is 4.79 Å². The number of amides is 1. The van der Waals surface area contributed by atoms with Crippen LogP contribution in [-0.4, -0.2) is 38.4 Å². The monoisotopic (exact) mass is 349 g/mol. The van der Waals surface area contributed by atoms with Gasteiger partial charge >= 0.3 is 17.8 Å². The average molecular weight is 349 g/mol. The number of nitrogens with one attached hydrogen (secondary N) is 1. The molecule has 2 N–H and O–H groups in total. The third-order valence-electron chi connectivity index (χ3n) is 3.45. The van der Waals surface area contributed by atoms with E-state index in [1.54, 1.807) is 45.0 Å². The SMILES string of the molecule is CC(C)(C)OC(=O)NCCCn1c(=O)n(CC(=O)O)c2ccccc21. The minimum atomic E-state index is -1.07. The van der Waals surface area contributed by atoms with E-state index in [-0.39, 0.29) is 12.2 Å². The zero-order valence-electron chi connectivity index (χ0n) is 14.6. The van der Waals surface area contributed by atoms with Gasteiger partial charge in [0.2, 0.25) is 0 Å². The fourth-order valence-corrected chi connectivity index (χ4v) is 2.52. The number of para-hydroxylation sites is 2. The van der Waals surface area contributed by atoms with Gasteiger partial charge in [-0.1, -0.05) is 12.1 Å². The van der Waals surface area contributed by atoms with E-state index in [9.17, 15) is 14.4 Å². The van der Waals surface area contributed by atoms with Crippen molar-refractivity contribution < 1.29 is 19.4 Å². The van der Waals surface area contributed by atoms with Crippen molar-refractivity contribution in [1.82, 2.24) is 14.5 Å². The van der Waals surface area contributed by atoms with E-state index in [1.807, 2.05) is 0 Å². The number of benzene rings is 1. The summed E-state index contributed by atoms with van der Waals surface area (Å²) in [6.45, 7) is 5.67. The first-order chi connectivity index (χ1) is 11.7. The highest BCUT2D eigenvalue weighted by Gasteiger charge is 2.16. The molecular formula is C17H23N3O5. The minimum Gasteiger partial charge on any atom is -0.480 e. The molecule has 0 saturated heterocycles. The Balaban J connectivity index is 2.06. The maximum atomic E-state index is 12.5. The Labute approximate surface area is 145 Å². The molecule has 0 atom stereocenters. The van der Waals surface area contributed by atoms with Gasteiger partial charge in [-0.3, -0.25) is 13.9 Å². The number of hydrogen-bond donors (Lipinski definition) is 2. The summed E-state index contributed by atoms with van der Waals surface area (Å²) in [5.74, 6) is -1.07. The number of fused-ring (bicyclic) bond motifs is 1. The van der Waals surface area contributed by atoms with Crippen molar-refractivity contribution in [3.8, 4) is 0 Å². The molecule has 0 bridgehead atoms. The molecule has 0 saturated carbocycles. The molecule has 2 aromatic rings. The van der Waals surface area contributed by atoms with Gasteiger partial charge in [0.1, 0.15) is 12.1 Å². The maximum Gasteiger partial charge on any atom is 0.407 e. The summed E-state index contributed by atoms with van der Waals surface area (Å²) < 4.78 is 7.90. The highest BCUT2D eigenvalue weighted by molar-refractivity contribution is 5.78. The molecule has 1 amide bonds. The third kappa shape index (κ3) is 4.85. The number of rotatable bonds is 6. The molecular weight excluding hydrogens is 326 g/mol. The summed E-state index contributed by atoms with van der Waals surface area (Å²) in [5, 5.41) is 11.6. The van der Waals surface area contributed by atoms with E-state index in [0.29, 0.717) is 30.5 Å². The van der Waals surface area contributed by atoms with E-state index in [2.05, 4.69) is 5.32 Å². The third-order valence-corrected chi connectivity index (χ3v) is 3.45. The van der Waals surface area contributed by atoms with Crippen LogP contribution in [0.1, 0.15) is 27.2 Å². The largest absolute Gasteiger partial charge is 0.480 e. The highest BCUT2D eigenvalue weighted by Crippen LogP contribution is 2.13. The van der Waals surface area contributed by atoms with Gasteiger partial charge in [0.25, 0.3) is 0 Å². The first-order valence-electron chi connectivity index (χ1n) is 8.06. The fourth-order valence-electron chi connectivity index (χ4n) is 2.52. The molecule has 0 aliphatic heterocycles. The lowest BCUT2D eigenvalue weighted by Crippen LogP contribution is -2.33. The summed E-state index contributed by atoms with van der Waals surface area (Å²) in [6, 6.07) is 7.04. The van der Waals surface area contributed by atoms with Crippen molar-refractivity contribution in [3.05, 3.63) is 34.7 Å². The highest BCUT2D eigenvalue weighted by atomic mass is 16.6. The summed E-state index contributed by atoms with van der Waals surface area (Å²) in [7, 11) is 0. The van der Waals surface area contributed by atoms with Gasteiger partial charge in [-0.25, -0.2) is 9.59 Å². The number of carbonyl (C=O) groups excluding carboxylic acids is 1. The molecule has 1 aromatic carbocycles. The second-order valence-electron chi connectivity index (χ2n) is 6.69. The van der Waals surface area contributed by atoms with Crippen LogP contribution in [0.2, 0.25) is 0 Å². The van der Waals surface area contributed by atoms with Gasteiger partial charge in [0, 0.05) is 13.1 Å². The van der Waals surface area contributed by atoms with E-state index >= 15 is 0 Å². The molecule has 136 valence electrons. The van der Waals surface area contributed by atoms with Crippen molar-refractivity contribution in [2.75, 3.05) is 6.54 Å². The Morgan fingerprint density at radius 2 is 1.76 bits per heavy atom. The summed E-state index contributed by atoms with van der Waals surface area (Å²) >= 11 is 0. The number of carboxylic acid groups (broad SMARTS) is 1. The Bertz CT molecular complexity index is 829. The molecule has 0 radical (unpaired) electrons. The molecule has 0 fully saturated rings. The van der Waals surface area contributed by atoms with Gasteiger partial charge < -0.3 is 15.2 Å². The maximum absolute atomic E-state index is 12.5. The Hall–Kier alpha value is -2.77. The van der Waals surface area contributed by atoms with Gasteiger partial charge in [-0.15, -0.1) is 0 Å². The van der Waals surface area contributed by atoms with Crippen molar-refractivity contribution in [2.45, 2.75) is 45.9 Å². The quantitative estimate of drug-likeness (QED) is 0.774. The van der Waals surface area contributed by atoms with E-state index in [0.717, 1.165) is 0 Å². The molecule has 0 spiro atoms. The van der Waals surface area contributed by atoms with Crippen LogP contribution in [0.3, 0.4) is 0 Å². The van der Waals surface area contributed by atoms with Crippen LogP contribution in [0.25, 0.3) is 11.0 Å². The number of hydrogen-bond acceptors (Lipinski definition) is 4. The second kappa shape index (κ2) is 7.42. The lowest BCUT2D eigenvalue weighted by molar-refractivity contribution is -0.137. The van der Waals surface area contributed by atoms with Crippen LogP contribution in [0.5, 0.6) is 0 Å². The predicted molar refractivity (Wildman–Crippen MR) is 92.7 cm³/mol. The zero-order valence-corrected chi connectivity index (χ0v) is 14.6. The molecule has 25 heavy (non-hydrogen) atoms. The van der Waals surface area contributed by atoms with Crippen LogP contribution >= 0.6 is 0 Å². The number of aliphatic carboxylic acids is 1. The van der Waals surface area contributed by atoms with Crippen LogP contribution in [0.15, 0.2) is 29.1 Å². The number of ether oxygens (including phenoxy) is 1. The molecule has 0 unspecified atom stereocenters. The number of nitrogens with zero attached hydrogens (tertiary/aromatic N) is 2. The second-order valence-corrected chi connectivity index (χ2v) is 6.69. The normalized spacial score (nSPS) is 11.5. The number of alkyl carbamates (subject to hydrolysis) is 1. The number of carbonyl (C=O) groups is 2. The molecule has 2 rings (SSSR count). The fraction of sp³-hybridized carbons (Fsp3) is 0.471. The molecule has 0 aliphatic carbocycles. The number of carboxylic acids is 1. The summed E-state index contributed by atoms with van der Waals surface area (Å²) in [5.41, 5.74) is 0.313. The van der Waals surface area contributed by atoms with Crippen LogP contribution < -0.4 is 11.0 Å². The molecule has 1 heterocycles. The van der Waals surface area contributed by atoms with Gasteiger partial charge in [-0.2, -0.15) is 0 Å². The van der Waals surface area contributed by atoms with E-state index < -0.39 is 17.7 Å². The average Bonchev–Trinajstić information content (AvgIpc) is 2.75. The smallest absolute Gasteiger partial charge is 0.407 e. The predicted octanol–water partition coefficient (Wildman–Crippen LogP) is 1.80.